The predicted octanol–water partition coefficient (Wildman–Crippen LogP) is 5.70. The van der Waals surface area contributed by atoms with E-state index in [0.717, 1.165) is 6.42 Å². The van der Waals surface area contributed by atoms with E-state index in [9.17, 15) is 4.79 Å². The van der Waals surface area contributed by atoms with Gasteiger partial charge in [0.15, 0.2) is 6.29 Å². The van der Waals surface area contributed by atoms with Crippen LogP contribution in [0, 0.1) is 28.6 Å². The highest BCUT2D eigenvalue weighted by Gasteiger charge is 2.69. The van der Waals surface area contributed by atoms with Gasteiger partial charge >= 0.3 is 5.97 Å². The second-order valence-corrected chi connectivity index (χ2v) is 18.8. The lowest BCUT2D eigenvalue weighted by atomic mass is 9.70. The van der Waals surface area contributed by atoms with Crippen LogP contribution < -0.4 is 10.4 Å². The zero-order valence-corrected chi connectivity index (χ0v) is 26.0. The van der Waals surface area contributed by atoms with Gasteiger partial charge in [0.2, 0.25) is 0 Å². The molecular formula is C34H46O5Si. The molecule has 2 saturated heterocycles. The molecule has 4 fully saturated rings. The summed E-state index contributed by atoms with van der Waals surface area (Å²) in [5.41, 5.74) is 0.552. The first kappa shape index (κ1) is 28.1. The van der Waals surface area contributed by atoms with Crippen molar-refractivity contribution in [1.82, 2.24) is 0 Å². The van der Waals surface area contributed by atoms with Crippen LogP contribution in [-0.4, -0.2) is 46.0 Å². The van der Waals surface area contributed by atoms with Crippen molar-refractivity contribution in [1.29, 1.82) is 0 Å². The van der Waals surface area contributed by atoms with Crippen LogP contribution >= 0.6 is 0 Å². The van der Waals surface area contributed by atoms with Crippen molar-refractivity contribution in [2.45, 2.75) is 90.8 Å². The molecule has 0 spiro atoms. The number of carbonyl (C=O) groups is 1. The first-order valence-corrected chi connectivity index (χ1v) is 17.1. The highest BCUT2D eigenvalue weighted by Crippen LogP contribution is 2.71. The largest absolute Gasteiger partial charge is 0.460 e. The summed E-state index contributed by atoms with van der Waals surface area (Å²) in [4.78, 5) is 13.0. The Morgan fingerprint density at radius 1 is 0.925 bits per heavy atom. The molecule has 0 aromatic heterocycles. The predicted molar refractivity (Wildman–Crippen MR) is 159 cm³/mol. The van der Waals surface area contributed by atoms with Gasteiger partial charge in [0.1, 0.15) is 6.10 Å². The molecule has 6 heteroatoms. The van der Waals surface area contributed by atoms with Crippen LogP contribution in [0.3, 0.4) is 0 Å². The van der Waals surface area contributed by atoms with Gasteiger partial charge in [-0.3, -0.25) is 4.79 Å². The number of cyclic esters (lactones) is 1. The van der Waals surface area contributed by atoms with Gasteiger partial charge in [-0.05, 0) is 50.9 Å². The number of fused-ring (bicyclic) bond motifs is 5. The maximum Gasteiger partial charge on any atom is 0.311 e. The first-order valence-electron chi connectivity index (χ1n) is 15.2. The molecule has 4 aliphatic rings. The Morgan fingerprint density at radius 2 is 1.55 bits per heavy atom. The van der Waals surface area contributed by atoms with Crippen molar-refractivity contribution in [3.8, 4) is 0 Å². The van der Waals surface area contributed by atoms with Gasteiger partial charge in [-0.15, -0.1) is 0 Å². The number of benzene rings is 2. The summed E-state index contributed by atoms with van der Waals surface area (Å²) in [5, 5.41) is 2.30. The van der Waals surface area contributed by atoms with Crippen molar-refractivity contribution in [2.24, 2.45) is 28.6 Å². The molecule has 2 aliphatic heterocycles. The summed E-state index contributed by atoms with van der Waals surface area (Å²) >= 11 is 0. The molecule has 0 unspecified atom stereocenters. The van der Waals surface area contributed by atoms with E-state index in [2.05, 4.69) is 90.1 Å². The molecule has 6 rings (SSSR count). The number of esters is 1. The first-order chi connectivity index (χ1) is 19.0. The van der Waals surface area contributed by atoms with Gasteiger partial charge in [-0.1, -0.05) is 102 Å². The van der Waals surface area contributed by atoms with Gasteiger partial charge in [0.05, 0.1) is 18.6 Å². The van der Waals surface area contributed by atoms with Gasteiger partial charge in [0.25, 0.3) is 8.32 Å². The lowest BCUT2D eigenvalue weighted by Gasteiger charge is -2.43. The minimum atomic E-state index is -2.71. The van der Waals surface area contributed by atoms with Crippen LogP contribution in [0.4, 0.5) is 0 Å². The third-order valence-electron chi connectivity index (χ3n) is 11.2. The number of carbonyl (C=O) groups excluding carboxylic acids is 1. The maximum atomic E-state index is 13.0. The number of ether oxygens (including phenoxy) is 3. The minimum Gasteiger partial charge on any atom is -0.460 e. The average molecular weight is 563 g/mol. The number of hydrogen-bond donors (Lipinski definition) is 0. The standard InChI is InChI=1S/C34H46O5Si/c1-32(2,3)40(25-13-9-7-10-14-25,26-15-11-8-12-16-26)37-21-23-19-24(38-31(23)35)22-36-29-20-27-28-17-18-34(6,30(27)39-29)33(28,4)5/h7-16,23-24,27-30H,17-22H2,1-6H3/t23-,24-,27+,28+,29+,30+,34-/m0/s1. The van der Waals surface area contributed by atoms with Crippen molar-refractivity contribution < 1.29 is 23.4 Å². The van der Waals surface area contributed by atoms with Gasteiger partial charge in [0, 0.05) is 19.4 Å². The third-order valence-corrected chi connectivity index (χ3v) is 16.2. The fourth-order valence-corrected chi connectivity index (χ4v) is 13.4. The second-order valence-electron chi connectivity index (χ2n) is 14.5. The van der Waals surface area contributed by atoms with Crippen LogP contribution in [0.15, 0.2) is 60.7 Å². The van der Waals surface area contributed by atoms with Crippen LogP contribution in [-0.2, 0) is 23.4 Å². The number of hydrogen-bond acceptors (Lipinski definition) is 5. The van der Waals surface area contributed by atoms with E-state index < -0.39 is 8.32 Å². The molecule has 5 nitrogen and oxygen atoms in total. The fraction of sp³-hybridized carbons (Fsp3) is 0.618. The van der Waals surface area contributed by atoms with E-state index in [0.29, 0.717) is 36.9 Å². The van der Waals surface area contributed by atoms with Crippen molar-refractivity contribution in [3.63, 3.8) is 0 Å². The van der Waals surface area contributed by atoms with Gasteiger partial charge in [-0.2, -0.15) is 0 Å². The third kappa shape index (κ3) is 4.33. The lowest BCUT2D eigenvalue weighted by molar-refractivity contribution is -0.178. The molecule has 7 atom stereocenters. The van der Waals surface area contributed by atoms with E-state index >= 15 is 0 Å². The Bertz CT molecular complexity index is 1170. The molecule has 2 aromatic carbocycles. The summed E-state index contributed by atoms with van der Waals surface area (Å²) in [6.07, 6.45) is 3.94. The Hall–Kier alpha value is -1.99. The summed E-state index contributed by atoms with van der Waals surface area (Å²) in [5.74, 6) is 0.818. The Kier molecular flexibility index (Phi) is 7.09. The zero-order valence-electron chi connectivity index (χ0n) is 25.0. The topological polar surface area (TPSA) is 54.0 Å². The van der Waals surface area contributed by atoms with E-state index in [1.165, 1.54) is 23.2 Å². The molecule has 0 N–H and O–H groups in total. The van der Waals surface area contributed by atoms with Crippen molar-refractivity contribution >= 4 is 24.7 Å². The summed E-state index contributed by atoms with van der Waals surface area (Å²) in [6, 6.07) is 21.1. The van der Waals surface area contributed by atoms with E-state index in [-0.39, 0.29) is 40.8 Å². The smallest absolute Gasteiger partial charge is 0.311 e. The highest BCUT2D eigenvalue weighted by molar-refractivity contribution is 6.99. The van der Waals surface area contributed by atoms with E-state index in [4.69, 9.17) is 18.6 Å². The maximum absolute atomic E-state index is 13.0. The van der Waals surface area contributed by atoms with Gasteiger partial charge in [-0.25, -0.2) is 0 Å². The van der Waals surface area contributed by atoms with Crippen molar-refractivity contribution in [2.75, 3.05) is 13.2 Å². The Labute approximate surface area is 241 Å². The fourth-order valence-electron chi connectivity index (χ4n) is 8.75. The average Bonchev–Trinajstić information content (AvgIpc) is 3.61. The molecule has 2 saturated carbocycles. The normalized spacial score (nSPS) is 34.7. The molecule has 2 aliphatic carbocycles. The zero-order chi connectivity index (χ0) is 28.3. The van der Waals surface area contributed by atoms with Crippen LogP contribution in [0.25, 0.3) is 0 Å². The molecule has 0 radical (unpaired) electrons. The second kappa shape index (κ2) is 10.1. The van der Waals surface area contributed by atoms with Gasteiger partial charge < -0.3 is 18.6 Å². The molecule has 40 heavy (non-hydrogen) atoms. The molecule has 0 amide bonds. The van der Waals surface area contributed by atoms with Crippen LogP contribution in [0.5, 0.6) is 0 Å². The Balaban J connectivity index is 1.11. The summed E-state index contributed by atoms with van der Waals surface area (Å²) < 4.78 is 25.6. The number of rotatable bonds is 8. The summed E-state index contributed by atoms with van der Waals surface area (Å²) in [7, 11) is -2.71. The SMILES string of the molecule is CC1(C)[C@@H]2CC[C@@]1(C)[C@@H]1O[C@@H](OC[C@@H]3C[C@@H](CO[Si](c4ccccc4)(c4ccccc4)C(C)(C)C)C(=O)O3)C[C@H]21. The monoisotopic (exact) mass is 562 g/mol. The molecular weight excluding hydrogens is 516 g/mol. The van der Waals surface area contributed by atoms with Crippen molar-refractivity contribution in [3.05, 3.63) is 60.7 Å². The highest BCUT2D eigenvalue weighted by atomic mass is 28.4. The molecule has 216 valence electrons. The minimum absolute atomic E-state index is 0.136. The lowest BCUT2D eigenvalue weighted by Crippen LogP contribution is -2.67. The van der Waals surface area contributed by atoms with E-state index in [1.54, 1.807) is 0 Å². The van der Waals surface area contributed by atoms with Crippen LogP contribution in [0.2, 0.25) is 5.04 Å². The summed E-state index contributed by atoms with van der Waals surface area (Å²) in [6.45, 7) is 14.8. The van der Waals surface area contributed by atoms with E-state index in [1.807, 2.05) is 12.1 Å². The Morgan fingerprint density at radius 3 is 2.12 bits per heavy atom. The quantitative estimate of drug-likeness (QED) is 0.305. The molecule has 2 bridgehead atoms. The molecule has 2 heterocycles. The van der Waals surface area contributed by atoms with Crippen LogP contribution in [0.1, 0.15) is 67.2 Å². The molecule has 2 aromatic rings.